The fourth-order valence-electron chi connectivity index (χ4n) is 2.56. The summed E-state index contributed by atoms with van der Waals surface area (Å²) in [5.74, 6) is 0. The van der Waals surface area contributed by atoms with Crippen LogP contribution in [0.4, 0.5) is 5.13 Å². The highest BCUT2D eigenvalue weighted by atomic mass is 32.1. The minimum absolute atomic E-state index is 0.151. The molecular formula is C17H20N4OS. The smallest absolute Gasteiger partial charge is 0.275 e. The van der Waals surface area contributed by atoms with E-state index in [-0.39, 0.29) is 11.6 Å². The number of unbranched alkanes of at least 4 members (excludes halogenated alkanes) is 2. The van der Waals surface area contributed by atoms with Crippen molar-refractivity contribution in [2.75, 3.05) is 5.32 Å². The fraction of sp³-hybridized carbons (Fsp3) is 0.353. The number of nitrogens with one attached hydrogen (secondary N) is 1. The Labute approximate surface area is 139 Å². The normalized spacial score (nSPS) is 12.4. The van der Waals surface area contributed by atoms with E-state index in [1.807, 2.05) is 18.2 Å². The Morgan fingerprint density at radius 2 is 2.04 bits per heavy atom. The van der Waals surface area contributed by atoms with E-state index in [0.717, 1.165) is 18.0 Å². The lowest BCUT2D eigenvalue weighted by Crippen LogP contribution is -2.14. The van der Waals surface area contributed by atoms with Crippen LogP contribution in [0.1, 0.15) is 44.2 Å². The lowest BCUT2D eigenvalue weighted by Gasteiger charge is -2.18. The molecule has 0 aliphatic carbocycles. The third-order valence-corrected chi connectivity index (χ3v) is 4.62. The van der Waals surface area contributed by atoms with Crippen molar-refractivity contribution < 1.29 is 0 Å². The van der Waals surface area contributed by atoms with Gasteiger partial charge >= 0.3 is 0 Å². The first-order valence-corrected chi connectivity index (χ1v) is 8.76. The molecule has 23 heavy (non-hydrogen) atoms. The van der Waals surface area contributed by atoms with E-state index in [4.69, 9.17) is 0 Å². The maximum absolute atomic E-state index is 11.8. The van der Waals surface area contributed by atoms with E-state index in [1.165, 1.54) is 46.5 Å². The standard InChI is InChI=1S/C17H20N4OS/c1-2-3-5-10-14(13-8-6-4-7-9-13)19-16-20-21-15(22)11-12-18-17(21)23-16/h4,6-9,11-12,14H,2-3,5,10H2,1H3,(H,19,20)/t14-/m0/s1. The molecule has 0 aliphatic rings. The number of fused-ring (bicyclic) bond motifs is 1. The van der Waals surface area contributed by atoms with Crippen LogP contribution in [-0.4, -0.2) is 14.6 Å². The van der Waals surface area contributed by atoms with Crippen LogP contribution < -0.4 is 10.9 Å². The van der Waals surface area contributed by atoms with Gasteiger partial charge in [-0.2, -0.15) is 4.52 Å². The molecule has 5 nitrogen and oxygen atoms in total. The summed E-state index contributed by atoms with van der Waals surface area (Å²) in [6.45, 7) is 2.20. The van der Waals surface area contributed by atoms with Crippen molar-refractivity contribution in [2.45, 2.75) is 38.6 Å². The van der Waals surface area contributed by atoms with E-state index < -0.39 is 0 Å². The molecule has 0 saturated heterocycles. The Kier molecular flexibility index (Phi) is 5.02. The Bertz CT molecular complexity index is 812. The van der Waals surface area contributed by atoms with Crippen LogP contribution >= 0.6 is 11.3 Å². The Hall–Kier alpha value is -2.21. The second-order valence-corrected chi connectivity index (χ2v) is 6.44. The molecule has 6 heteroatoms. The molecule has 120 valence electrons. The molecule has 3 aromatic rings. The molecule has 0 amide bonds. The second kappa shape index (κ2) is 7.37. The summed E-state index contributed by atoms with van der Waals surface area (Å²) in [7, 11) is 0. The number of aromatic nitrogens is 3. The van der Waals surface area contributed by atoms with Gasteiger partial charge in [-0.1, -0.05) is 67.9 Å². The highest BCUT2D eigenvalue weighted by molar-refractivity contribution is 7.20. The van der Waals surface area contributed by atoms with Gasteiger partial charge in [-0.15, -0.1) is 5.10 Å². The van der Waals surface area contributed by atoms with Crippen molar-refractivity contribution in [3.63, 3.8) is 0 Å². The molecule has 0 fully saturated rings. The number of nitrogens with zero attached hydrogens (tertiary/aromatic N) is 3. The summed E-state index contributed by atoms with van der Waals surface area (Å²) in [4.78, 5) is 16.6. The first-order chi connectivity index (χ1) is 11.3. The predicted octanol–water partition coefficient (Wildman–Crippen LogP) is 3.88. The van der Waals surface area contributed by atoms with Crippen molar-refractivity contribution in [1.82, 2.24) is 14.6 Å². The first kappa shape index (κ1) is 15.7. The SMILES string of the molecule is CCCCC[C@H](Nc1nn2c(=O)ccnc2s1)c1ccccc1. The van der Waals surface area contributed by atoms with Crippen LogP contribution in [0.3, 0.4) is 0 Å². The van der Waals surface area contributed by atoms with Crippen molar-refractivity contribution in [1.29, 1.82) is 0 Å². The van der Waals surface area contributed by atoms with E-state index in [9.17, 15) is 4.79 Å². The van der Waals surface area contributed by atoms with Gasteiger partial charge in [0.05, 0.1) is 6.04 Å². The zero-order chi connectivity index (χ0) is 16.1. The average Bonchev–Trinajstić information content (AvgIpc) is 2.99. The van der Waals surface area contributed by atoms with Crippen molar-refractivity contribution in [3.05, 3.63) is 58.5 Å². The Balaban J connectivity index is 1.84. The van der Waals surface area contributed by atoms with Gasteiger partial charge < -0.3 is 5.32 Å². The summed E-state index contributed by atoms with van der Waals surface area (Å²) < 4.78 is 1.35. The lowest BCUT2D eigenvalue weighted by molar-refractivity contribution is 0.605. The summed E-state index contributed by atoms with van der Waals surface area (Å²) in [5, 5.41) is 8.56. The van der Waals surface area contributed by atoms with Crippen LogP contribution in [0.15, 0.2) is 47.4 Å². The Morgan fingerprint density at radius 3 is 2.78 bits per heavy atom. The first-order valence-electron chi connectivity index (χ1n) is 7.94. The average molecular weight is 328 g/mol. The molecule has 0 bridgehead atoms. The van der Waals surface area contributed by atoms with E-state index in [2.05, 4.69) is 34.5 Å². The second-order valence-electron chi connectivity index (χ2n) is 5.49. The molecule has 2 aromatic heterocycles. The van der Waals surface area contributed by atoms with Gasteiger partial charge in [0.2, 0.25) is 10.1 Å². The molecule has 0 spiro atoms. The van der Waals surface area contributed by atoms with Crippen LogP contribution in [0, 0.1) is 0 Å². The Morgan fingerprint density at radius 1 is 1.22 bits per heavy atom. The van der Waals surface area contributed by atoms with Gasteiger partial charge in [-0.05, 0) is 12.0 Å². The molecule has 2 heterocycles. The molecule has 1 N–H and O–H groups in total. The number of benzene rings is 1. The summed E-state index contributed by atoms with van der Waals surface area (Å²) in [5.41, 5.74) is 1.09. The van der Waals surface area contributed by atoms with Crippen LogP contribution in [0.5, 0.6) is 0 Å². The number of anilines is 1. The quantitative estimate of drug-likeness (QED) is 0.669. The molecule has 1 atom stereocenters. The monoisotopic (exact) mass is 328 g/mol. The van der Waals surface area contributed by atoms with Crippen molar-refractivity contribution in [2.24, 2.45) is 0 Å². The van der Waals surface area contributed by atoms with E-state index in [1.54, 1.807) is 0 Å². The third-order valence-electron chi connectivity index (χ3n) is 3.77. The van der Waals surface area contributed by atoms with Crippen molar-refractivity contribution >= 4 is 21.4 Å². The minimum atomic E-state index is -0.151. The summed E-state index contributed by atoms with van der Waals surface area (Å²) in [6.07, 6.45) is 6.13. The number of rotatable bonds is 7. The topological polar surface area (TPSA) is 59.3 Å². The van der Waals surface area contributed by atoms with Gasteiger partial charge in [0.1, 0.15) is 0 Å². The third kappa shape index (κ3) is 3.76. The number of hydrogen-bond acceptors (Lipinski definition) is 5. The van der Waals surface area contributed by atoms with Crippen LogP contribution in [0.25, 0.3) is 4.96 Å². The zero-order valence-corrected chi connectivity index (χ0v) is 13.9. The fourth-order valence-corrected chi connectivity index (χ4v) is 3.38. The van der Waals surface area contributed by atoms with E-state index >= 15 is 0 Å². The molecule has 0 aliphatic heterocycles. The van der Waals surface area contributed by atoms with Crippen LogP contribution in [0.2, 0.25) is 0 Å². The molecule has 0 saturated carbocycles. The summed E-state index contributed by atoms with van der Waals surface area (Å²) in [6, 6.07) is 12.0. The van der Waals surface area contributed by atoms with Gasteiger partial charge in [-0.3, -0.25) is 4.79 Å². The largest absolute Gasteiger partial charge is 0.353 e. The zero-order valence-electron chi connectivity index (χ0n) is 13.1. The minimum Gasteiger partial charge on any atom is -0.353 e. The highest BCUT2D eigenvalue weighted by Gasteiger charge is 2.14. The van der Waals surface area contributed by atoms with Gasteiger partial charge in [0.25, 0.3) is 5.56 Å². The highest BCUT2D eigenvalue weighted by Crippen LogP contribution is 2.27. The molecule has 3 rings (SSSR count). The van der Waals surface area contributed by atoms with Gasteiger partial charge in [0.15, 0.2) is 0 Å². The lowest BCUT2D eigenvalue weighted by atomic mass is 10.0. The molecule has 1 aromatic carbocycles. The summed E-state index contributed by atoms with van der Waals surface area (Å²) >= 11 is 1.40. The maximum Gasteiger partial charge on any atom is 0.275 e. The van der Waals surface area contributed by atoms with Crippen molar-refractivity contribution in [3.8, 4) is 0 Å². The number of hydrogen-bond donors (Lipinski definition) is 1. The molecular weight excluding hydrogens is 308 g/mol. The van der Waals surface area contributed by atoms with E-state index in [0.29, 0.717) is 4.96 Å². The van der Waals surface area contributed by atoms with Crippen LogP contribution in [-0.2, 0) is 0 Å². The predicted molar refractivity (Wildman–Crippen MR) is 94.1 cm³/mol. The van der Waals surface area contributed by atoms with Gasteiger partial charge in [-0.25, -0.2) is 4.98 Å². The molecule has 0 unspecified atom stereocenters. The maximum atomic E-state index is 11.8. The van der Waals surface area contributed by atoms with Gasteiger partial charge in [0, 0.05) is 12.3 Å². The molecule has 0 radical (unpaired) electrons.